The van der Waals surface area contributed by atoms with Gasteiger partial charge in [0.05, 0.1) is 0 Å². The molecule has 0 aliphatic carbocycles. The van der Waals surface area contributed by atoms with Crippen LogP contribution in [0.4, 0.5) is 11.4 Å². The van der Waals surface area contributed by atoms with Crippen molar-refractivity contribution in [1.29, 1.82) is 0 Å². The van der Waals surface area contributed by atoms with Crippen molar-refractivity contribution in [2.24, 2.45) is 0 Å². The molecule has 0 saturated heterocycles. The summed E-state index contributed by atoms with van der Waals surface area (Å²) in [6.07, 6.45) is 0.901. The predicted molar refractivity (Wildman–Crippen MR) is 123 cm³/mol. The molecule has 0 atom stereocenters. The Labute approximate surface area is 169 Å². The Kier molecular flexibility index (Phi) is 6.32. The van der Waals surface area contributed by atoms with Crippen LogP contribution in [0.5, 0.6) is 0 Å². The molecule has 28 heavy (non-hydrogen) atoms. The first-order valence-corrected chi connectivity index (χ1v) is 11.5. The molecular weight excluding hydrogens is 360 g/mol. The maximum atomic E-state index is 11.0. The first-order valence-electron chi connectivity index (χ1n) is 9.56. The Hall–Kier alpha value is -2.85. The van der Waals surface area contributed by atoms with Gasteiger partial charge in [0.2, 0.25) is 0 Å². The molecule has 0 aromatic heterocycles. The zero-order valence-corrected chi connectivity index (χ0v) is 18.2. The summed E-state index contributed by atoms with van der Waals surface area (Å²) < 4.78 is 0. The van der Waals surface area contributed by atoms with Gasteiger partial charge in [-0.2, -0.15) is 0 Å². The molecule has 3 rings (SSSR count). The Bertz CT molecular complexity index is 849. The molecule has 4 heteroatoms. The number of carbonyl (C=O) groups is 1. The summed E-state index contributed by atoms with van der Waals surface area (Å²) in [5.41, 5.74) is 4.45. The van der Waals surface area contributed by atoms with E-state index in [4.69, 9.17) is 0 Å². The smallest absolute Gasteiger partial charge is 0.150 e. The van der Waals surface area contributed by atoms with Gasteiger partial charge in [0.25, 0.3) is 0 Å². The van der Waals surface area contributed by atoms with E-state index < -0.39 is 8.80 Å². The molecule has 0 N–H and O–H groups in total. The first kappa shape index (κ1) is 19.9. The van der Waals surface area contributed by atoms with Gasteiger partial charge in [0.1, 0.15) is 15.1 Å². The van der Waals surface area contributed by atoms with Crippen LogP contribution >= 0.6 is 0 Å². The largest absolute Gasteiger partial charge is 0.378 e. The van der Waals surface area contributed by atoms with Crippen molar-refractivity contribution in [3.63, 3.8) is 0 Å². The van der Waals surface area contributed by atoms with E-state index in [1.807, 2.05) is 12.1 Å². The molecule has 3 aromatic rings. The molecule has 0 amide bonds. The molecule has 3 nitrogen and oxygen atoms in total. The number of benzene rings is 3. The molecule has 0 heterocycles. The highest BCUT2D eigenvalue weighted by Crippen LogP contribution is 2.13. The van der Waals surface area contributed by atoms with Gasteiger partial charge in [-0.1, -0.05) is 64.5 Å². The average molecular weight is 389 g/mol. The van der Waals surface area contributed by atoms with Gasteiger partial charge < -0.3 is 9.80 Å². The first-order chi connectivity index (χ1) is 13.5. The second kappa shape index (κ2) is 8.89. The summed E-state index contributed by atoms with van der Waals surface area (Å²) in [6, 6.07) is 27.0. The summed E-state index contributed by atoms with van der Waals surface area (Å²) in [6.45, 7) is 0. The van der Waals surface area contributed by atoms with E-state index in [-0.39, 0.29) is 0 Å². The molecule has 0 fully saturated rings. The molecule has 0 bridgehead atoms. The highest BCUT2D eigenvalue weighted by Gasteiger charge is 2.18. The lowest BCUT2D eigenvalue weighted by Crippen LogP contribution is -2.44. The quantitative estimate of drug-likeness (QED) is 0.459. The lowest BCUT2D eigenvalue weighted by Gasteiger charge is -2.20. The molecule has 0 radical (unpaired) electrons. The number of nitrogens with zero attached hydrogens (tertiary/aromatic N) is 2. The minimum atomic E-state index is -1.43. The number of anilines is 2. The topological polar surface area (TPSA) is 23.6 Å². The highest BCUT2D eigenvalue weighted by atomic mass is 28.3. The van der Waals surface area contributed by atoms with Crippen molar-refractivity contribution >= 4 is 36.8 Å². The van der Waals surface area contributed by atoms with E-state index in [1.54, 1.807) is 0 Å². The van der Waals surface area contributed by atoms with Crippen LogP contribution in [-0.4, -0.2) is 43.3 Å². The van der Waals surface area contributed by atoms with E-state index >= 15 is 0 Å². The van der Waals surface area contributed by atoms with Crippen molar-refractivity contribution in [3.8, 4) is 0 Å². The van der Waals surface area contributed by atoms with Crippen LogP contribution in [0.3, 0.4) is 0 Å². The fourth-order valence-electron chi connectivity index (χ4n) is 3.41. The summed E-state index contributed by atoms with van der Waals surface area (Å²) >= 11 is 0. The Balaban J connectivity index is 1.95. The predicted octanol–water partition coefficient (Wildman–Crippen LogP) is 2.75. The Morgan fingerprint density at radius 1 is 0.679 bits per heavy atom. The summed E-state index contributed by atoms with van der Waals surface area (Å²) in [5.74, 6) is 0. The maximum absolute atomic E-state index is 11.0. The number of rotatable bonds is 7. The van der Waals surface area contributed by atoms with Crippen molar-refractivity contribution in [2.75, 3.05) is 38.0 Å². The highest BCUT2D eigenvalue weighted by molar-refractivity contribution is 6.84. The van der Waals surface area contributed by atoms with Crippen LogP contribution in [0.2, 0.25) is 0 Å². The third-order valence-corrected chi connectivity index (χ3v) is 8.44. The van der Waals surface area contributed by atoms with Gasteiger partial charge in [0.15, 0.2) is 0 Å². The average Bonchev–Trinajstić information content (AvgIpc) is 2.72. The Morgan fingerprint density at radius 3 is 1.46 bits per heavy atom. The van der Waals surface area contributed by atoms with Crippen molar-refractivity contribution in [2.45, 2.75) is 6.04 Å². The van der Waals surface area contributed by atoms with E-state index in [0.717, 1.165) is 17.9 Å². The van der Waals surface area contributed by atoms with Gasteiger partial charge in [0, 0.05) is 45.1 Å². The SMILES string of the molecule is CN(C)c1ccc([SiH](Cc2ccc(C=O)cc2)c2ccc(N(C)C)cc2)cc1. The van der Waals surface area contributed by atoms with Gasteiger partial charge in [-0.05, 0) is 30.3 Å². The maximum Gasteiger partial charge on any atom is 0.150 e. The van der Waals surface area contributed by atoms with Gasteiger partial charge in [-0.25, -0.2) is 0 Å². The molecular formula is C24H28N2OSi. The molecule has 0 spiro atoms. The van der Waals surface area contributed by atoms with E-state index in [9.17, 15) is 4.79 Å². The molecule has 3 aromatic carbocycles. The fraction of sp³-hybridized carbons (Fsp3) is 0.208. The van der Waals surface area contributed by atoms with Gasteiger partial charge >= 0.3 is 0 Å². The van der Waals surface area contributed by atoms with Gasteiger partial charge in [-0.3, -0.25) is 4.79 Å². The zero-order chi connectivity index (χ0) is 20.1. The second-order valence-corrected chi connectivity index (χ2v) is 10.4. The lowest BCUT2D eigenvalue weighted by molar-refractivity contribution is 0.112. The lowest BCUT2D eigenvalue weighted by atomic mass is 10.2. The van der Waals surface area contributed by atoms with Crippen LogP contribution in [0.25, 0.3) is 0 Å². The minimum absolute atomic E-state index is 0.729. The zero-order valence-electron chi connectivity index (χ0n) is 17.1. The van der Waals surface area contributed by atoms with Crippen LogP contribution in [0.15, 0.2) is 72.8 Å². The second-order valence-electron chi connectivity index (χ2n) is 7.59. The van der Waals surface area contributed by atoms with Crippen LogP contribution in [0.1, 0.15) is 15.9 Å². The summed E-state index contributed by atoms with van der Waals surface area (Å²) in [7, 11) is 6.84. The molecule has 0 aliphatic rings. The number of hydrogen-bond donors (Lipinski definition) is 0. The third-order valence-electron chi connectivity index (χ3n) is 5.18. The fourth-order valence-corrected chi connectivity index (χ4v) is 6.32. The molecule has 0 unspecified atom stereocenters. The normalized spacial score (nSPS) is 10.8. The number of carbonyl (C=O) groups excluding carboxylic acids is 1. The molecule has 144 valence electrons. The van der Waals surface area contributed by atoms with Crippen LogP contribution < -0.4 is 20.2 Å². The van der Waals surface area contributed by atoms with Crippen molar-refractivity contribution in [3.05, 3.63) is 83.9 Å². The van der Waals surface area contributed by atoms with Crippen molar-refractivity contribution < 1.29 is 4.79 Å². The standard InChI is InChI=1S/C24H28N2OSi/c1-25(2)21-9-13-23(14-10-21)28(18-20-7-5-19(17-27)6-8-20)24-15-11-22(12-16-24)26(3)4/h5-17,28H,18H2,1-4H3. The van der Waals surface area contributed by atoms with E-state index in [1.165, 1.54) is 27.3 Å². The minimum Gasteiger partial charge on any atom is -0.378 e. The number of hydrogen-bond acceptors (Lipinski definition) is 3. The molecule has 0 saturated carbocycles. The van der Waals surface area contributed by atoms with E-state index in [2.05, 4.69) is 98.7 Å². The Morgan fingerprint density at radius 2 is 1.11 bits per heavy atom. The monoisotopic (exact) mass is 388 g/mol. The summed E-state index contributed by atoms with van der Waals surface area (Å²) in [4.78, 5) is 15.2. The van der Waals surface area contributed by atoms with Crippen molar-refractivity contribution in [1.82, 2.24) is 0 Å². The van der Waals surface area contributed by atoms with E-state index in [0.29, 0.717) is 0 Å². The number of aldehydes is 1. The van der Waals surface area contributed by atoms with Crippen LogP contribution in [-0.2, 0) is 6.04 Å². The van der Waals surface area contributed by atoms with Gasteiger partial charge in [-0.15, -0.1) is 0 Å². The molecule has 0 aliphatic heterocycles. The third kappa shape index (κ3) is 4.70. The summed E-state index contributed by atoms with van der Waals surface area (Å²) in [5, 5.41) is 2.87. The van der Waals surface area contributed by atoms with Crippen LogP contribution in [0, 0.1) is 0 Å².